The van der Waals surface area contributed by atoms with E-state index in [1.165, 1.54) is 12.1 Å². The van der Waals surface area contributed by atoms with Crippen molar-refractivity contribution in [3.8, 4) is 6.07 Å². The van der Waals surface area contributed by atoms with Crippen molar-refractivity contribution in [2.45, 2.75) is 29.4 Å². The molecule has 1 unspecified atom stereocenters. The first-order valence-corrected chi connectivity index (χ1v) is 6.21. The van der Waals surface area contributed by atoms with Crippen molar-refractivity contribution in [3.05, 3.63) is 29.8 Å². The van der Waals surface area contributed by atoms with Crippen LogP contribution >= 0.6 is 11.8 Å². The van der Waals surface area contributed by atoms with E-state index in [1.807, 2.05) is 6.07 Å². The summed E-state index contributed by atoms with van der Waals surface area (Å²) in [6.45, 7) is 1.49. The Balaban J connectivity index is 2.61. The van der Waals surface area contributed by atoms with Crippen molar-refractivity contribution >= 4 is 11.8 Å². The number of nitrogens with one attached hydrogen (secondary N) is 1. The monoisotopic (exact) mass is 290 g/mol. The Bertz CT molecular complexity index is 456. The Kier molecular flexibility index (Phi) is 5.23. The standard InChI is InChI=1S/C12H13F3N2OS/c1-11(7-16,8-18)17-6-9-2-4-10(5-3-9)19-12(13,14)15/h2-5,17-18H,6,8H2,1H3. The first-order valence-electron chi connectivity index (χ1n) is 5.40. The number of thioether (sulfide) groups is 1. The van der Waals surface area contributed by atoms with Gasteiger partial charge in [0.15, 0.2) is 0 Å². The number of aliphatic hydroxyl groups is 1. The summed E-state index contributed by atoms with van der Waals surface area (Å²) in [5, 5.41) is 20.7. The van der Waals surface area contributed by atoms with Crippen molar-refractivity contribution in [3.63, 3.8) is 0 Å². The molecule has 0 bridgehead atoms. The average Bonchev–Trinajstić information content (AvgIpc) is 2.36. The number of nitrogens with zero attached hydrogens (tertiary/aromatic N) is 1. The number of halogens is 3. The minimum Gasteiger partial charge on any atom is -0.393 e. The van der Waals surface area contributed by atoms with Gasteiger partial charge in [-0.15, -0.1) is 0 Å². The minimum absolute atomic E-state index is 0.112. The molecule has 1 atom stereocenters. The van der Waals surface area contributed by atoms with E-state index in [0.29, 0.717) is 6.54 Å². The van der Waals surface area contributed by atoms with Crippen LogP contribution in [0.4, 0.5) is 13.2 Å². The lowest BCUT2D eigenvalue weighted by Crippen LogP contribution is -2.43. The quantitative estimate of drug-likeness (QED) is 0.819. The van der Waals surface area contributed by atoms with Crippen LogP contribution < -0.4 is 5.32 Å². The minimum atomic E-state index is -4.30. The molecule has 0 saturated carbocycles. The molecule has 0 fully saturated rings. The van der Waals surface area contributed by atoms with E-state index in [9.17, 15) is 13.2 Å². The molecule has 104 valence electrons. The first-order chi connectivity index (χ1) is 8.78. The molecule has 0 aliphatic rings. The Morgan fingerprint density at radius 2 is 1.89 bits per heavy atom. The van der Waals surface area contributed by atoms with Gasteiger partial charge in [0.25, 0.3) is 0 Å². The number of alkyl halides is 3. The largest absolute Gasteiger partial charge is 0.446 e. The maximum absolute atomic E-state index is 12.1. The van der Waals surface area contributed by atoms with Crippen molar-refractivity contribution in [1.29, 1.82) is 5.26 Å². The maximum Gasteiger partial charge on any atom is 0.446 e. The fourth-order valence-corrected chi connectivity index (χ4v) is 1.78. The van der Waals surface area contributed by atoms with Gasteiger partial charge in [-0.3, -0.25) is 5.32 Å². The number of aliphatic hydroxyl groups excluding tert-OH is 1. The van der Waals surface area contributed by atoms with Crippen LogP contribution in [0.25, 0.3) is 0 Å². The molecule has 1 aromatic carbocycles. The number of hydrogen-bond donors (Lipinski definition) is 2. The van der Waals surface area contributed by atoms with Crippen molar-refractivity contribution in [2.75, 3.05) is 6.61 Å². The average molecular weight is 290 g/mol. The van der Waals surface area contributed by atoms with E-state index in [0.717, 1.165) is 5.56 Å². The third-order valence-electron chi connectivity index (χ3n) is 2.40. The van der Waals surface area contributed by atoms with Crippen molar-refractivity contribution in [2.24, 2.45) is 0 Å². The molecule has 3 nitrogen and oxygen atoms in total. The van der Waals surface area contributed by atoms with Gasteiger partial charge in [0, 0.05) is 11.4 Å². The van der Waals surface area contributed by atoms with Crippen LogP contribution in [0.2, 0.25) is 0 Å². The zero-order valence-corrected chi connectivity index (χ0v) is 11.0. The van der Waals surface area contributed by atoms with Gasteiger partial charge in [0.2, 0.25) is 0 Å². The van der Waals surface area contributed by atoms with E-state index < -0.39 is 11.0 Å². The highest BCUT2D eigenvalue weighted by Gasteiger charge is 2.29. The molecule has 0 aliphatic heterocycles. The number of benzene rings is 1. The van der Waals surface area contributed by atoms with Crippen molar-refractivity contribution in [1.82, 2.24) is 5.32 Å². The van der Waals surface area contributed by atoms with E-state index in [2.05, 4.69) is 5.32 Å². The fraction of sp³-hybridized carbons (Fsp3) is 0.417. The van der Waals surface area contributed by atoms with E-state index in [1.54, 1.807) is 19.1 Å². The van der Waals surface area contributed by atoms with Gasteiger partial charge >= 0.3 is 5.51 Å². The molecule has 19 heavy (non-hydrogen) atoms. The smallest absolute Gasteiger partial charge is 0.393 e. The van der Waals surface area contributed by atoms with Crippen LogP contribution in [0.1, 0.15) is 12.5 Å². The molecule has 0 amide bonds. The zero-order chi connectivity index (χ0) is 14.5. The molecular formula is C12H13F3N2OS. The molecule has 0 radical (unpaired) electrons. The second kappa shape index (κ2) is 6.28. The van der Waals surface area contributed by atoms with Gasteiger partial charge in [-0.25, -0.2) is 0 Å². The second-order valence-electron chi connectivity index (χ2n) is 4.15. The normalized spacial score (nSPS) is 14.7. The highest BCUT2D eigenvalue weighted by Crippen LogP contribution is 2.36. The third-order valence-corrected chi connectivity index (χ3v) is 3.14. The van der Waals surface area contributed by atoms with Crippen LogP contribution in [0.15, 0.2) is 29.2 Å². The molecule has 2 N–H and O–H groups in total. The van der Waals surface area contributed by atoms with Crippen LogP contribution in [0.3, 0.4) is 0 Å². The van der Waals surface area contributed by atoms with Gasteiger partial charge in [0.1, 0.15) is 5.54 Å². The van der Waals surface area contributed by atoms with Gasteiger partial charge in [-0.05, 0) is 36.4 Å². The molecule has 0 heterocycles. The summed E-state index contributed by atoms with van der Waals surface area (Å²) < 4.78 is 36.4. The topological polar surface area (TPSA) is 56.0 Å². The Morgan fingerprint density at radius 1 is 1.32 bits per heavy atom. The molecule has 0 aliphatic carbocycles. The first kappa shape index (κ1) is 15.8. The molecule has 0 spiro atoms. The summed E-state index contributed by atoms with van der Waals surface area (Å²) in [7, 11) is 0. The summed E-state index contributed by atoms with van der Waals surface area (Å²) >= 11 is -0.171. The van der Waals surface area contributed by atoms with Gasteiger partial charge in [-0.1, -0.05) is 12.1 Å². The molecule has 1 rings (SSSR count). The van der Waals surface area contributed by atoms with Gasteiger partial charge in [0.05, 0.1) is 12.7 Å². The summed E-state index contributed by atoms with van der Waals surface area (Å²) in [5.41, 5.74) is -4.61. The Hall–Kier alpha value is -1.23. The second-order valence-corrected chi connectivity index (χ2v) is 5.29. The predicted molar refractivity (Wildman–Crippen MR) is 66.3 cm³/mol. The van der Waals surface area contributed by atoms with Crippen LogP contribution in [-0.4, -0.2) is 22.8 Å². The lowest BCUT2D eigenvalue weighted by molar-refractivity contribution is -0.0328. The third kappa shape index (κ3) is 5.51. The van der Waals surface area contributed by atoms with E-state index >= 15 is 0 Å². The molecule has 0 saturated heterocycles. The van der Waals surface area contributed by atoms with Gasteiger partial charge < -0.3 is 5.11 Å². The van der Waals surface area contributed by atoms with E-state index in [-0.39, 0.29) is 23.3 Å². The number of hydrogen-bond acceptors (Lipinski definition) is 4. The van der Waals surface area contributed by atoms with Gasteiger partial charge in [-0.2, -0.15) is 18.4 Å². The summed E-state index contributed by atoms with van der Waals surface area (Å²) in [6.07, 6.45) is 0. The van der Waals surface area contributed by atoms with Crippen LogP contribution in [0, 0.1) is 11.3 Å². The number of rotatable bonds is 5. The molecule has 7 heteroatoms. The van der Waals surface area contributed by atoms with E-state index in [4.69, 9.17) is 10.4 Å². The molecule has 1 aromatic rings. The van der Waals surface area contributed by atoms with Crippen molar-refractivity contribution < 1.29 is 18.3 Å². The fourth-order valence-electron chi connectivity index (χ4n) is 1.24. The SMILES string of the molecule is CC(C#N)(CO)NCc1ccc(SC(F)(F)F)cc1. The highest BCUT2D eigenvalue weighted by atomic mass is 32.2. The lowest BCUT2D eigenvalue weighted by atomic mass is 10.1. The summed E-state index contributed by atoms with van der Waals surface area (Å²) in [5.74, 6) is 0. The maximum atomic E-state index is 12.1. The molecule has 0 aromatic heterocycles. The lowest BCUT2D eigenvalue weighted by Gasteiger charge is -2.20. The zero-order valence-electron chi connectivity index (χ0n) is 10.2. The molecular weight excluding hydrogens is 277 g/mol. The predicted octanol–water partition coefficient (Wildman–Crippen LogP) is 2.66. The summed E-state index contributed by atoms with van der Waals surface area (Å²) in [4.78, 5) is 0.112. The number of nitriles is 1. The summed E-state index contributed by atoms with van der Waals surface area (Å²) in [6, 6.07) is 7.78. The van der Waals surface area contributed by atoms with Crippen LogP contribution in [0.5, 0.6) is 0 Å². The highest BCUT2D eigenvalue weighted by molar-refractivity contribution is 8.00. The Labute approximate surface area is 113 Å². The Morgan fingerprint density at radius 3 is 2.32 bits per heavy atom. The van der Waals surface area contributed by atoms with Crippen LogP contribution in [-0.2, 0) is 6.54 Å².